The van der Waals surface area contributed by atoms with Gasteiger partial charge >= 0.3 is 0 Å². The van der Waals surface area contributed by atoms with E-state index in [1.165, 1.54) is 6.07 Å². The van der Waals surface area contributed by atoms with Crippen LogP contribution >= 0.6 is 23.2 Å². The smallest absolute Gasteiger partial charge is 0.295 e. The van der Waals surface area contributed by atoms with Crippen molar-refractivity contribution >= 4 is 40.7 Å². The molecule has 0 radical (unpaired) electrons. The van der Waals surface area contributed by atoms with Crippen molar-refractivity contribution in [3.8, 4) is 0 Å². The van der Waals surface area contributed by atoms with Crippen LogP contribution in [0, 0.1) is 0 Å². The highest BCUT2D eigenvalue weighted by molar-refractivity contribution is 6.46. The highest BCUT2D eigenvalue weighted by Crippen LogP contribution is 2.40. The molecule has 1 aliphatic rings. The summed E-state index contributed by atoms with van der Waals surface area (Å²) in [6, 6.07) is 11.9. The number of carbonyl (C=O) groups is 2. The first-order chi connectivity index (χ1) is 14.6. The molecule has 6 heteroatoms. The van der Waals surface area contributed by atoms with Crippen molar-refractivity contribution in [3.05, 3.63) is 74.8 Å². The number of aliphatic hydroxyl groups excluding tert-OH is 1. The fraction of sp³-hybridized carbons (Fsp3) is 0.360. The molecule has 0 saturated carbocycles. The number of rotatable bonds is 5. The van der Waals surface area contributed by atoms with E-state index < -0.39 is 17.7 Å². The zero-order chi connectivity index (χ0) is 22.9. The second-order valence-electron chi connectivity index (χ2n) is 8.85. The maximum absolute atomic E-state index is 13.0. The number of hydrogen-bond donors (Lipinski definition) is 1. The van der Waals surface area contributed by atoms with Gasteiger partial charge in [0.1, 0.15) is 5.76 Å². The summed E-state index contributed by atoms with van der Waals surface area (Å²) in [6.07, 6.45) is 1.64. The molecule has 3 rings (SSSR count). The normalized spacial score (nSPS) is 18.6. The molecule has 1 heterocycles. The molecule has 0 spiro atoms. The lowest BCUT2D eigenvalue weighted by Crippen LogP contribution is -2.30. The number of nitrogens with zero attached hydrogens (tertiary/aromatic N) is 1. The zero-order valence-corrected chi connectivity index (χ0v) is 19.7. The Morgan fingerprint density at radius 2 is 1.68 bits per heavy atom. The lowest BCUT2D eigenvalue weighted by atomic mass is 9.85. The van der Waals surface area contributed by atoms with E-state index in [1.807, 2.05) is 31.2 Å². The van der Waals surface area contributed by atoms with Gasteiger partial charge in [0.05, 0.1) is 21.7 Å². The summed E-state index contributed by atoms with van der Waals surface area (Å²) in [7, 11) is 0. The maximum Gasteiger partial charge on any atom is 0.295 e. The van der Waals surface area contributed by atoms with Crippen LogP contribution in [0.2, 0.25) is 10.0 Å². The van der Waals surface area contributed by atoms with Gasteiger partial charge in [0.15, 0.2) is 0 Å². The van der Waals surface area contributed by atoms with E-state index in [-0.39, 0.29) is 21.8 Å². The molecule has 1 amide bonds. The van der Waals surface area contributed by atoms with Crippen LogP contribution in [0.5, 0.6) is 0 Å². The summed E-state index contributed by atoms with van der Waals surface area (Å²) < 4.78 is 0. The second kappa shape index (κ2) is 9.05. The topological polar surface area (TPSA) is 57.6 Å². The average Bonchev–Trinajstić information content (AvgIpc) is 2.97. The number of unbranched alkanes of at least 4 members (excludes halogenated alkanes) is 1. The number of halogens is 2. The fourth-order valence-electron chi connectivity index (χ4n) is 3.75. The number of hydrogen-bond acceptors (Lipinski definition) is 3. The van der Waals surface area contributed by atoms with Gasteiger partial charge in [-0.3, -0.25) is 9.59 Å². The molecule has 0 aliphatic carbocycles. The summed E-state index contributed by atoms with van der Waals surface area (Å²) >= 11 is 12.1. The van der Waals surface area contributed by atoms with E-state index in [0.29, 0.717) is 17.1 Å². The van der Waals surface area contributed by atoms with E-state index in [9.17, 15) is 14.7 Å². The quantitative estimate of drug-likeness (QED) is 0.314. The number of Topliss-reactive ketones (excluding diaryl/α,β-unsaturated/α-hetero) is 1. The van der Waals surface area contributed by atoms with E-state index in [1.54, 1.807) is 17.0 Å². The summed E-state index contributed by atoms with van der Waals surface area (Å²) in [5.41, 5.74) is 2.32. The highest BCUT2D eigenvalue weighted by atomic mass is 35.5. The minimum absolute atomic E-state index is 0.0252. The van der Waals surface area contributed by atoms with Gasteiger partial charge in [-0.2, -0.15) is 0 Å². The molecule has 0 aromatic heterocycles. The van der Waals surface area contributed by atoms with Crippen LogP contribution in [-0.2, 0) is 15.0 Å². The van der Waals surface area contributed by atoms with Crippen molar-refractivity contribution in [2.45, 2.75) is 52.0 Å². The standard InChI is InChI=1S/C25H27Cl2NO3/c1-5-6-13-28-21(15-7-10-17(11-8-15)25(2,3)4)20(23(30)24(28)31)22(29)16-9-12-18(26)19(27)14-16/h7-12,14,21,29H,5-6,13H2,1-4H3/b22-20-. The van der Waals surface area contributed by atoms with Crippen molar-refractivity contribution in [2.75, 3.05) is 6.54 Å². The van der Waals surface area contributed by atoms with Gasteiger partial charge in [-0.15, -0.1) is 0 Å². The summed E-state index contributed by atoms with van der Waals surface area (Å²) in [5, 5.41) is 11.7. The van der Waals surface area contributed by atoms with E-state index in [2.05, 4.69) is 20.8 Å². The maximum atomic E-state index is 13.0. The third kappa shape index (κ3) is 4.65. The van der Waals surface area contributed by atoms with E-state index in [4.69, 9.17) is 23.2 Å². The minimum atomic E-state index is -0.690. The molecule has 1 fully saturated rings. The Morgan fingerprint density at radius 1 is 1.03 bits per heavy atom. The number of amides is 1. The molecule has 1 saturated heterocycles. The van der Waals surface area contributed by atoms with Gasteiger partial charge in [0.2, 0.25) is 0 Å². The van der Waals surface area contributed by atoms with E-state index in [0.717, 1.165) is 24.0 Å². The molecule has 1 unspecified atom stereocenters. The third-order valence-electron chi connectivity index (χ3n) is 5.58. The molecule has 1 aliphatic heterocycles. The zero-order valence-electron chi connectivity index (χ0n) is 18.2. The molecule has 1 N–H and O–H groups in total. The first kappa shape index (κ1) is 23.4. The molecule has 31 heavy (non-hydrogen) atoms. The fourth-order valence-corrected chi connectivity index (χ4v) is 4.05. The minimum Gasteiger partial charge on any atom is -0.507 e. The molecule has 164 valence electrons. The molecule has 4 nitrogen and oxygen atoms in total. The molecule has 2 aromatic carbocycles. The van der Waals surface area contributed by atoms with Crippen molar-refractivity contribution in [2.24, 2.45) is 0 Å². The lowest BCUT2D eigenvalue weighted by Gasteiger charge is -2.26. The average molecular weight is 460 g/mol. The number of ketones is 1. The first-order valence-corrected chi connectivity index (χ1v) is 11.2. The first-order valence-electron chi connectivity index (χ1n) is 10.4. The van der Waals surface area contributed by atoms with Crippen LogP contribution in [0.1, 0.15) is 63.3 Å². The van der Waals surface area contributed by atoms with Crippen molar-refractivity contribution < 1.29 is 14.7 Å². The predicted molar refractivity (Wildman–Crippen MR) is 126 cm³/mol. The molecular formula is C25H27Cl2NO3. The highest BCUT2D eigenvalue weighted by Gasteiger charge is 2.45. The van der Waals surface area contributed by atoms with Gasteiger partial charge in [0.25, 0.3) is 11.7 Å². The number of likely N-dealkylation sites (tertiary alicyclic amines) is 1. The summed E-state index contributed by atoms with van der Waals surface area (Å²) in [5.74, 6) is -1.54. The van der Waals surface area contributed by atoms with Gasteiger partial charge in [0, 0.05) is 12.1 Å². The largest absolute Gasteiger partial charge is 0.507 e. The Kier molecular flexibility index (Phi) is 6.82. The van der Waals surface area contributed by atoms with E-state index >= 15 is 0 Å². The van der Waals surface area contributed by atoms with Gasteiger partial charge in [-0.1, -0.05) is 81.6 Å². The van der Waals surface area contributed by atoms with Crippen molar-refractivity contribution in [1.82, 2.24) is 4.90 Å². The van der Waals surface area contributed by atoms with Crippen LogP contribution < -0.4 is 0 Å². The Balaban J connectivity index is 2.16. The molecule has 1 atom stereocenters. The van der Waals surface area contributed by atoms with Crippen molar-refractivity contribution in [1.29, 1.82) is 0 Å². The van der Waals surface area contributed by atoms with Gasteiger partial charge in [-0.05, 0) is 41.2 Å². The Labute approximate surface area is 193 Å². The Hall–Kier alpha value is -2.30. The van der Waals surface area contributed by atoms with Crippen LogP contribution in [-0.4, -0.2) is 28.2 Å². The van der Waals surface area contributed by atoms with Gasteiger partial charge in [-0.25, -0.2) is 0 Å². The van der Waals surface area contributed by atoms with Crippen LogP contribution in [0.15, 0.2) is 48.0 Å². The second-order valence-corrected chi connectivity index (χ2v) is 9.66. The number of benzene rings is 2. The van der Waals surface area contributed by atoms with Gasteiger partial charge < -0.3 is 10.0 Å². The summed E-state index contributed by atoms with van der Waals surface area (Å²) in [6.45, 7) is 8.84. The van der Waals surface area contributed by atoms with Crippen LogP contribution in [0.3, 0.4) is 0 Å². The predicted octanol–water partition coefficient (Wildman–Crippen LogP) is 6.51. The Morgan fingerprint density at radius 3 is 2.23 bits per heavy atom. The third-order valence-corrected chi connectivity index (χ3v) is 6.32. The number of carbonyl (C=O) groups excluding carboxylic acids is 2. The van der Waals surface area contributed by atoms with Crippen LogP contribution in [0.25, 0.3) is 5.76 Å². The lowest BCUT2D eigenvalue weighted by molar-refractivity contribution is -0.139. The molecule has 0 bridgehead atoms. The SMILES string of the molecule is CCCCN1C(=O)C(=O)/C(=C(\O)c2ccc(Cl)c(Cl)c2)C1c1ccc(C(C)(C)C)cc1. The molecular weight excluding hydrogens is 433 g/mol. The van der Waals surface area contributed by atoms with Crippen molar-refractivity contribution in [3.63, 3.8) is 0 Å². The molecule has 2 aromatic rings. The summed E-state index contributed by atoms with van der Waals surface area (Å²) in [4.78, 5) is 27.4. The number of aliphatic hydroxyl groups is 1. The Bertz CT molecular complexity index is 1040. The monoisotopic (exact) mass is 459 g/mol. The van der Waals surface area contributed by atoms with Crippen LogP contribution in [0.4, 0.5) is 0 Å².